The molecule has 3 aliphatic rings. The highest BCUT2D eigenvalue weighted by molar-refractivity contribution is 5.75. The minimum absolute atomic E-state index is 0.0620. The van der Waals surface area contributed by atoms with Crippen molar-refractivity contribution in [1.82, 2.24) is 24.8 Å². The zero-order valence-electron chi connectivity index (χ0n) is 31.5. The van der Waals surface area contributed by atoms with Gasteiger partial charge in [0.2, 0.25) is 5.89 Å². The van der Waals surface area contributed by atoms with Gasteiger partial charge in [0, 0.05) is 31.7 Å². The van der Waals surface area contributed by atoms with Crippen molar-refractivity contribution in [3.8, 4) is 5.75 Å². The molecule has 2 aromatic heterocycles. The van der Waals surface area contributed by atoms with Gasteiger partial charge in [0.15, 0.2) is 11.7 Å². The van der Waals surface area contributed by atoms with Crippen molar-refractivity contribution in [2.24, 2.45) is 0 Å². The van der Waals surface area contributed by atoms with Gasteiger partial charge in [0.25, 0.3) is 0 Å². The topological polar surface area (TPSA) is 88.9 Å². The molecule has 4 aromatic carbocycles. The number of nitrogens with zero attached hydrogens (tertiary/aromatic N) is 4. The monoisotopic (exact) mass is 731 g/mol. The number of fused-ring (bicyclic) bond motifs is 3. The smallest absolute Gasteiger partial charge is 0.229 e. The predicted octanol–water partition coefficient (Wildman–Crippen LogP) is 8.56. The molecule has 0 spiro atoms. The summed E-state index contributed by atoms with van der Waals surface area (Å²) in [5.74, 6) is 1.99. The Balaban J connectivity index is 0.000000154. The van der Waals surface area contributed by atoms with E-state index in [2.05, 4.69) is 58.1 Å². The maximum Gasteiger partial charge on any atom is 0.229 e. The lowest BCUT2D eigenvalue weighted by Gasteiger charge is -2.31. The number of rotatable bonds is 8. The summed E-state index contributed by atoms with van der Waals surface area (Å²) >= 11 is 0. The highest BCUT2D eigenvalue weighted by Gasteiger charge is 2.30. The van der Waals surface area contributed by atoms with Crippen molar-refractivity contribution in [2.75, 3.05) is 46.9 Å². The summed E-state index contributed by atoms with van der Waals surface area (Å²) in [6, 6.07) is 27.4. The second-order valence-corrected chi connectivity index (χ2v) is 15.0. The quantitative estimate of drug-likeness (QED) is 0.167. The number of imidazole rings is 1. The Hall–Kier alpha value is -4.61. The Labute approximate surface area is 316 Å². The zero-order valence-corrected chi connectivity index (χ0v) is 31.5. The number of H-pyrrole nitrogens is 1. The maximum atomic E-state index is 14.7. The van der Waals surface area contributed by atoms with Crippen LogP contribution in [0.4, 0.5) is 4.39 Å². The van der Waals surface area contributed by atoms with Gasteiger partial charge in [-0.15, -0.1) is 0 Å². The first kappa shape index (κ1) is 36.4. The van der Waals surface area contributed by atoms with Crippen molar-refractivity contribution < 1.29 is 23.0 Å². The van der Waals surface area contributed by atoms with Crippen molar-refractivity contribution in [1.29, 1.82) is 0 Å². The van der Waals surface area contributed by atoms with E-state index < -0.39 is 6.10 Å². The van der Waals surface area contributed by atoms with E-state index in [0.29, 0.717) is 17.0 Å². The molecule has 0 saturated carbocycles. The first-order chi connectivity index (χ1) is 26.4. The van der Waals surface area contributed by atoms with Gasteiger partial charge in [-0.2, -0.15) is 0 Å². The number of halogens is 1. The molecular formula is C44H50FN5O4. The Morgan fingerprint density at radius 3 is 2.17 bits per heavy atom. The Morgan fingerprint density at radius 2 is 1.46 bits per heavy atom. The lowest BCUT2D eigenvalue weighted by molar-refractivity contribution is -0.0341. The molecule has 2 unspecified atom stereocenters. The fourth-order valence-electron chi connectivity index (χ4n) is 7.66. The molecule has 0 aliphatic carbocycles. The molecule has 0 bridgehead atoms. The van der Waals surface area contributed by atoms with Crippen LogP contribution in [-0.4, -0.2) is 83.8 Å². The molecular weight excluding hydrogens is 682 g/mol. The fourth-order valence-corrected chi connectivity index (χ4v) is 7.66. The third-order valence-corrected chi connectivity index (χ3v) is 10.9. The second-order valence-electron chi connectivity index (χ2n) is 15.0. The molecule has 5 heterocycles. The lowest BCUT2D eigenvalue weighted by Crippen LogP contribution is -2.35. The molecule has 2 saturated heterocycles. The Morgan fingerprint density at radius 1 is 0.778 bits per heavy atom. The molecule has 3 aliphatic heterocycles. The standard InChI is InChI=1S/C23H27N3O2.C21H23FN2O2/c1-26-12-10-18(11-13-26)28-22(23-24-19-6-2-3-7-20(19)25-23)17-9-8-16-5-4-14-27-21(16)15-17;1-14-7-8-16(17(22)13-14)20(25-15-9-11-24(2)12-10-15)21-23-18-5-3-4-6-19(18)26-21/h2-3,6-9,15,18,22H,4-5,10-14H2,1H3,(H,24,25);3-8,13,15,20H,9-12H2,1-2H3. The van der Waals surface area contributed by atoms with Crippen LogP contribution in [0.2, 0.25) is 0 Å². The summed E-state index contributed by atoms with van der Waals surface area (Å²) in [6.45, 7) is 6.76. The van der Waals surface area contributed by atoms with Crippen LogP contribution < -0.4 is 4.74 Å². The summed E-state index contributed by atoms with van der Waals surface area (Å²) in [6.07, 6.45) is 5.56. The van der Waals surface area contributed by atoms with Gasteiger partial charge in [0.1, 0.15) is 29.0 Å². The number of nitrogens with one attached hydrogen (secondary N) is 1. The van der Waals surface area contributed by atoms with E-state index in [1.54, 1.807) is 6.07 Å². The summed E-state index contributed by atoms with van der Waals surface area (Å²) in [7, 11) is 4.28. The van der Waals surface area contributed by atoms with Crippen molar-refractivity contribution in [2.45, 2.75) is 69.9 Å². The van der Waals surface area contributed by atoms with Gasteiger partial charge >= 0.3 is 0 Å². The van der Waals surface area contributed by atoms with Crippen molar-refractivity contribution in [3.63, 3.8) is 0 Å². The van der Waals surface area contributed by atoms with Crippen LogP contribution in [0.25, 0.3) is 22.1 Å². The Bertz CT molecular complexity index is 2100. The number of aryl methyl sites for hydroxylation is 2. The summed E-state index contributed by atoms with van der Waals surface area (Å²) in [4.78, 5) is 17.5. The SMILES string of the molecule is CN1CCC(OC(c2ccc3c(c2)OCCC3)c2nc3ccccc3[nH]2)CC1.Cc1ccc(C(OC2CCN(C)CC2)c2nc3ccccc3o2)c(F)c1. The van der Waals surface area contributed by atoms with Gasteiger partial charge in [0.05, 0.1) is 29.8 Å². The van der Waals surface area contributed by atoms with E-state index in [-0.39, 0.29) is 24.1 Å². The highest BCUT2D eigenvalue weighted by atomic mass is 19.1. The number of benzene rings is 4. The van der Waals surface area contributed by atoms with E-state index in [1.165, 1.54) is 11.6 Å². The number of oxazole rings is 1. The van der Waals surface area contributed by atoms with Gasteiger partial charge < -0.3 is 33.4 Å². The predicted molar refractivity (Wildman–Crippen MR) is 208 cm³/mol. The lowest BCUT2D eigenvalue weighted by atomic mass is 10.0. The maximum absolute atomic E-state index is 14.7. The number of aromatic amines is 1. The average Bonchev–Trinajstić information content (AvgIpc) is 3.83. The molecule has 9 rings (SSSR count). The fraction of sp³-hybridized carbons (Fsp3) is 0.409. The minimum Gasteiger partial charge on any atom is -0.493 e. The number of hydrogen-bond acceptors (Lipinski definition) is 8. The third kappa shape index (κ3) is 8.37. The summed E-state index contributed by atoms with van der Waals surface area (Å²) in [5, 5.41) is 0. The molecule has 0 amide bonds. The molecule has 54 heavy (non-hydrogen) atoms. The van der Waals surface area contributed by atoms with Crippen LogP contribution in [0.15, 0.2) is 89.3 Å². The minimum atomic E-state index is -0.642. The average molecular weight is 732 g/mol. The number of ether oxygens (including phenoxy) is 3. The number of likely N-dealkylation sites (tertiary alicyclic amines) is 2. The highest BCUT2D eigenvalue weighted by Crippen LogP contribution is 2.35. The molecule has 2 atom stereocenters. The van der Waals surface area contributed by atoms with Gasteiger partial charge in [-0.25, -0.2) is 14.4 Å². The van der Waals surface area contributed by atoms with Crippen molar-refractivity contribution >= 4 is 22.1 Å². The largest absolute Gasteiger partial charge is 0.493 e. The van der Waals surface area contributed by atoms with E-state index in [4.69, 9.17) is 23.6 Å². The normalized spacial score (nSPS) is 18.5. The molecule has 2 fully saturated rings. The first-order valence-electron chi connectivity index (χ1n) is 19.4. The number of aromatic nitrogens is 3. The first-order valence-corrected chi connectivity index (χ1v) is 19.4. The number of para-hydroxylation sites is 4. The van der Waals surface area contributed by atoms with Crippen LogP contribution >= 0.6 is 0 Å². The van der Waals surface area contributed by atoms with Crippen LogP contribution in [0.3, 0.4) is 0 Å². The molecule has 1 N–H and O–H groups in total. The molecule has 10 heteroatoms. The summed E-state index contributed by atoms with van der Waals surface area (Å²) in [5.41, 5.74) is 7.21. The number of piperidine rings is 2. The molecule has 6 aromatic rings. The van der Waals surface area contributed by atoms with E-state index in [0.717, 1.165) is 111 Å². The summed E-state index contributed by atoms with van der Waals surface area (Å²) < 4.78 is 39.5. The molecule has 282 valence electrons. The van der Waals surface area contributed by atoms with E-state index >= 15 is 0 Å². The molecule has 9 nitrogen and oxygen atoms in total. The Kier molecular flexibility index (Phi) is 11.0. The van der Waals surface area contributed by atoms with Crippen LogP contribution in [0.1, 0.15) is 78.3 Å². The van der Waals surface area contributed by atoms with Crippen LogP contribution in [-0.2, 0) is 15.9 Å². The van der Waals surface area contributed by atoms with E-state index in [9.17, 15) is 4.39 Å². The van der Waals surface area contributed by atoms with Crippen molar-refractivity contribution in [3.05, 3.63) is 125 Å². The zero-order chi connectivity index (χ0) is 37.0. The van der Waals surface area contributed by atoms with Gasteiger partial charge in [-0.05, 0) is 113 Å². The van der Waals surface area contributed by atoms with Crippen LogP contribution in [0, 0.1) is 12.7 Å². The molecule has 0 radical (unpaired) electrons. The van der Waals surface area contributed by atoms with Gasteiger partial charge in [-0.3, -0.25) is 0 Å². The van der Waals surface area contributed by atoms with E-state index in [1.807, 2.05) is 55.5 Å². The second kappa shape index (κ2) is 16.4. The third-order valence-electron chi connectivity index (χ3n) is 10.9. The van der Waals surface area contributed by atoms with Crippen LogP contribution in [0.5, 0.6) is 5.75 Å². The number of hydrogen-bond donors (Lipinski definition) is 1. The van der Waals surface area contributed by atoms with Gasteiger partial charge in [-0.1, -0.05) is 48.5 Å².